The van der Waals surface area contributed by atoms with E-state index in [1.807, 2.05) is 20.8 Å². The summed E-state index contributed by atoms with van der Waals surface area (Å²) in [6.45, 7) is 6.31. The number of hydrogen-bond acceptors (Lipinski definition) is 5. The summed E-state index contributed by atoms with van der Waals surface area (Å²) in [6, 6.07) is 0. The first-order valence-electron chi connectivity index (χ1n) is 4.65. The maximum absolute atomic E-state index is 11.2. The third-order valence-electron chi connectivity index (χ3n) is 1.37. The van der Waals surface area contributed by atoms with Crippen LogP contribution < -0.4 is 5.32 Å². The minimum atomic E-state index is -0.477. The third kappa shape index (κ3) is 4.94. The number of alkyl carbamates (subject to hydrolysis) is 1. The summed E-state index contributed by atoms with van der Waals surface area (Å²) < 4.78 is 5.04. The molecule has 0 spiro atoms. The fourth-order valence-electron chi connectivity index (χ4n) is 0.863. The van der Waals surface area contributed by atoms with Crippen LogP contribution in [0.1, 0.15) is 20.8 Å². The van der Waals surface area contributed by atoms with Crippen molar-refractivity contribution in [1.29, 1.82) is 0 Å². The van der Waals surface area contributed by atoms with Gasteiger partial charge in [-0.25, -0.2) is 4.79 Å². The summed E-state index contributed by atoms with van der Waals surface area (Å²) in [6.07, 6.45) is 0.899. The maximum atomic E-state index is 11.2. The molecule has 84 valence electrons. The van der Waals surface area contributed by atoms with E-state index < -0.39 is 11.7 Å². The van der Waals surface area contributed by atoms with Gasteiger partial charge in [0.2, 0.25) is 0 Å². The Morgan fingerprint density at radius 3 is 2.80 bits per heavy atom. The molecular weight excluding hydrogens is 198 g/mol. The molecule has 0 aliphatic heterocycles. The van der Waals surface area contributed by atoms with Crippen molar-refractivity contribution in [3.05, 3.63) is 6.33 Å². The smallest absolute Gasteiger partial charge is 0.407 e. The zero-order chi connectivity index (χ0) is 11.3. The minimum absolute atomic E-state index is 0.408. The van der Waals surface area contributed by atoms with Crippen molar-refractivity contribution in [2.75, 3.05) is 6.54 Å². The predicted octanol–water partition coefficient (Wildman–Crippen LogP) is 0.198. The molecule has 1 heterocycles. The van der Waals surface area contributed by atoms with Crippen molar-refractivity contribution in [1.82, 2.24) is 25.5 Å². The summed E-state index contributed by atoms with van der Waals surface area (Å²) in [4.78, 5) is 12.6. The number of rotatable bonds is 3. The van der Waals surface area contributed by atoms with Crippen molar-refractivity contribution in [2.24, 2.45) is 0 Å². The second-order valence-electron chi connectivity index (χ2n) is 3.96. The Kier molecular flexibility index (Phi) is 3.59. The molecule has 0 aliphatic carbocycles. The molecule has 0 aliphatic rings. The highest BCUT2D eigenvalue weighted by atomic mass is 16.6. The van der Waals surface area contributed by atoms with Gasteiger partial charge in [-0.2, -0.15) is 4.80 Å². The summed E-state index contributed by atoms with van der Waals surface area (Å²) in [7, 11) is 0. The lowest BCUT2D eigenvalue weighted by Gasteiger charge is -2.19. The summed E-state index contributed by atoms with van der Waals surface area (Å²) >= 11 is 0. The minimum Gasteiger partial charge on any atom is -0.444 e. The Hall–Kier alpha value is -1.66. The van der Waals surface area contributed by atoms with E-state index in [-0.39, 0.29) is 0 Å². The van der Waals surface area contributed by atoms with E-state index >= 15 is 0 Å². The number of nitrogens with one attached hydrogen (secondary N) is 1. The molecule has 0 fully saturated rings. The molecule has 1 aromatic rings. The second-order valence-corrected chi connectivity index (χ2v) is 3.96. The van der Waals surface area contributed by atoms with Gasteiger partial charge < -0.3 is 10.1 Å². The van der Waals surface area contributed by atoms with Crippen molar-refractivity contribution >= 4 is 6.09 Å². The molecule has 0 bridgehead atoms. The van der Waals surface area contributed by atoms with Gasteiger partial charge in [0.1, 0.15) is 5.60 Å². The van der Waals surface area contributed by atoms with Gasteiger partial charge in [-0.3, -0.25) is 0 Å². The summed E-state index contributed by atoms with van der Waals surface area (Å²) in [5.74, 6) is 0. The monoisotopic (exact) mass is 213 g/mol. The molecule has 0 unspecified atom stereocenters. The molecule has 1 amide bonds. The van der Waals surface area contributed by atoms with Crippen LogP contribution in [0.3, 0.4) is 0 Å². The first kappa shape index (κ1) is 11.4. The van der Waals surface area contributed by atoms with Crippen LogP contribution in [0, 0.1) is 0 Å². The number of carbonyl (C=O) groups excluding carboxylic acids is 1. The van der Waals surface area contributed by atoms with Gasteiger partial charge in [-0.05, 0) is 26.0 Å². The lowest BCUT2D eigenvalue weighted by Crippen LogP contribution is -2.34. The number of tetrazole rings is 1. The van der Waals surface area contributed by atoms with Crippen LogP contribution in [0.25, 0.3) is 0 Å². The van der Waals surface area contributed by atoms with Crippen LogP contribution in [0.15, 0.2) is 6.33 Å². The van der Waals surface area contributed by atoms with E-state index in [9.17, 15) is 4.79 Å². The molecule has 0 radical (unpaired) electrons. The Labute approximate surface area is 87.8 Å². The average molecular weight is 213 g/mol. The molecular formula is C8H15N5O2. The van der Waals surface area contributed by atoms with Crippen LogP contribution in [0.5, 0.6) is 0 Å². The molecule has 7 heteroatoms. The normalized spacial score (nSPS) is 11.1. The first-order chi connectivity index (χ1) is 6.97. The molecule has 0 saturated heterocycles. The Morgan fingerprint density at radius 1 is 1.53 bits per heavy atom. The van der Waals surface area contributed by atoms with Gasteiger partial charge in [0.15, 0.2) is 6.33 Å². The zero-order valence-corrected chi connectivity index (χ0v) is 9.10. The second kappa shape index (κ2) is 4.72. The van der Waals surface area contributed by atoms with Gasteiger partial charge in [-0.1, -0.05) is 0 Å². The molecule has 1 rings (SSSR count). The van der Waals surface area contributed by atoms with Crippen LogP contribution in [-0.4, -0.2) is 38.4 Å². The van der Waals surface area contributed by atoms with E-state index in [1.165, 1.54) is 11.1 Å². The van der Waals surface area contributed by atoms with Crippen LogP contribution in [0.2, 0.25) is 0 Å². The van der Waals surface area contributed by atoms with Crippen LogP contribution in [-0.2, 0) is 11.3 Å². The molecule has 7 nitrogen and oxygen atoms in total. The van der Waals surface area contributed by atoms with Gasteiger partial charge in [0.05, 0.1) is 6.54 Å². The van der Waals surface area contributed by atoms with Crippen molar-refractivity contribution < 1.29 is 9.53 Å². The van der Waals surface area contributed by atoms with Crippen LogP contribution in [0.4, 0.5) is 4.79 Å². The highest BCUT2D eigenvalue weighted by Gasteiger charge is 2.15. The molecule has 0 aromatic carbocycles. The van der Waals surface area contributed by atoms with Crippen LogP contribution >= 0.6 is 0 Å². The van der Waals surface area contributed by atoms with E-state index in [2.05, 4.69) is 20.7 Å². The maximum Gasteiger partial charge on any atom is 0.407 e. The van der Waals surface area contributed by atoms with E-state index in [0.29, 0.717) is 13.1 Å². The Balaban J connectivity index is 2.18. The number of carbonyl (C=O) groups is 1. The largest absolute Gasteiger partial charge is 0.444 e. The average Bonchev–Trinajstić information content (AvgIpc) is 2.53. The standard InChI is InChI=1S/C8H15N5O2/c1-8(2,3)15-7(14)9-4-5-13-11-6-10-12-13/h6H,4-5H2,1-3H3,(H,9,14). The Morgan fingerprint density at radius 2 is 2.27 bits per heavy atom. The highest BCUT2D eigenvalue weighted by Crippen LogP contribution is 2.05. The molecule has 1 N–H and O–H groups in total. The lowest BCUT2D eigenvalue weighted by molar-refractivity contribution is 0.0525. The Bertz CT molecular complexity index is 303. The number of ether oxygens (including phenoxy) is 1. The SMILES string of the molecule is CC(C)(C)OC(=O)NCCn1ncnn1. The summed E-state index contributed by atoms with van der Waals surface area (Å²) in [5.41, 5.74) is -0.477. The third-order valence-corrected chi connectivity index (χ3v) is 1.37. The number of aromatic nitrogens is 4. The molecule has 0 saturated carbocycles. The van der Waals surface area contributed by atoms with Crippen molar-refractivity contribution in [3.63, 3.8) is 0 Å². The van der Waals surface area contributed by atoms with Gasteiger partial charge in [0, 0.05) is 6.54 Å². The van der Waals surface area contributed by atoms with Crippen molar-refractivity contribution in [2.45, 2.75) is 32.9 Å². The summed E-state index contributed by atoms with van der Waals surface area (Å²) in [5, 5.41) is 13.6. The molecule has 1 aromatic heterocycles. The number of hydrogen-bond donors (Lipinski definition) is 1. The van der Waals surface area contributed by atoms with Gasteiger partial charge in [-0.15, -0.1) is 10.2 Å². The fourth-order valence-corrected chi connectivity index (χ4v) is 0.863. The van der Waals surface area contributed by atoms with E-state index in [0.717, 1.165) is 0 Å². The topological polar surface area (TPSA) is 81.9 Å². The predicted molar refractivity (Wildman–Crippen MR) is 52.1 cm³/mol. The van der Waals surface area contributed by atoms with Gasteiger partial charge in [0.25, 0.3) is 0 Å². The van der Waals surface area contributed by atoms with E-state index in [1.54, 1.807) is 0 Å². The molecule has 0 atom stereocenters. The van der Waals surface area contributed by atoms with Gasteiger partial charge >= 0.3 is 6.09 Å². The number of amides is 1. The fraction of sp³-hybridized carbons (Fsp3) is 0.750. The van der Waals surface area contributed by atoms with E-state index in [4.69, 9.17) is 4.74 Å². The number of nitrogens with zero attached hydrogens (tertiary/aromatic N) is 4. The van der Waals surface area contributed by atoms with Crippen molar-refractivity contribution in [3.8, 4) is 0 Å². The quantitative estimate of drug-likeness (QED) is 0.775. The first-order valence-corrected chi connectivity index (χ1v) is 4.65. The molecule has 15 heavy (non-hydrogen) atoms. The highest BCUT2D eigenvalue weighted by molar-refractivity contribution is 5.67. The lowest BCUT2D eigenvalue weighted by atomic mass is 10.2. The zero-order valence-electron chi connectivity index (χ0n) is 9.10.